The van der Waals surface area contributed by atoms with Crippen molar-refractivity contribution in [2.24, 2.45) is 5.41 Å². The zero-order valence-electron chi connectivity index (χ0n) is 14.6. The molecule has 138 valence electrons. The first kappa shape index (κ1) is 17.4. The summed E-state index contributed by atoms with van der Waals surface area (Å²) in [6, 6.07) is 3.44. The Labute approximate surface area is 155 Å². The molecule has 1 aromatic carbocycles. The van der Waals surface area contributed by atoms with Crippen LogP contribution >= 0.6 is 11.3 Å². The van der Waals surface area contributed by atoms with E-state index in [9.17, 15) is 13.6 Å². The average molecular weight is 377 g/mol. The third-order valence-corrected chi connectivity index (χ3v) is 6.59. The highest BCUT2D eigenvalue weighted by Gasteiger charge is 2.48. The summed E-state index contributed by atoms with van der Waals surface area (Å²) in [4.78, 5) is 17.8. The van der Waals surface area contributed by atoms with Crippen LogP contribution in [0.4, 0.5) is 19.6 Å². The number of halogens is 2. The van der Waals surface area contributed by atoms with Crippen LogP contribution in [-0.4, -0.2) is 16.9 Å². The number of aryl methyl sites for hydroxylation is 1. The van der Waals surface area contributed by atoms with Gasteiger partial charge in [-0.25, -0.2) is 13.8 Å². The zero-order valence-corrected chi connectivity index (χ0v) is 15.4. The summed E-state index contributed by atoms with van der Waals surface area (Å²) in [6.45, 7) is 1.83. The van der Waals surface area contributed by atoms with Gasteiger partial charge >= 0.3 is 0 Å². The van der Waals surface area contributed by atoms with Crippen molar-refractivity contribution in [3.05, 3.63) is 40.4 Å². The second kappa shape index (κ2) is 6.61. The number of thiazole rings is 1. The molecule has 2 saturated carbocycles. The molecule has 4 rings (SSSR count). The molecule has 1 unspecified atom stereocenters. The third-order valence-electron chi connectivity index (χ3n) is 5.70. The number of carbonyl (C=O) groups is 1. The Bertz CT molecular complexity index is 825. The third kappa shape index (κ3) is 3.20. The monoisotopic (exact) mass is 377 g/mol. The molecule has 1 aromatic heterocycles. The number of hydrogen-bond acceptors (Lipinski definition) is 4. The van der Waals surface area contributed by atoms with Gasteiger partial charge in [0.1, 0.15) is 17.3 Å². The van der Waals surface area contributed by atoms with Gasteiger partial charge in [0, 0.05) is 22.7 Å². The van der Waals surface area contributed by atoms with E-state index in [0.717, 1.165) is 17.4 Å². The lowest BCUT2D eigenvalue weighted by Crippen LogP contribution is -2.54. The van der Waals surface area contributed by atoms with E-state index in [1.54, 1.807) is 0 Å². The molecule has 1 spiro atoms. The molecule has 7 heteroatoms. The molecular weight excluding hydrogens is 356 g/mol. The average Bonchev–Trinajstić information content (AvgIpc) is 3.19. The predicted molar refractivity (Wildman–Crippen MR) is 97.9 cm³/mol. The lowest BCUT2D eigenvalue weighted by molar-refractivity contribution is 0.0579. The van der Waals surface area contributed by atoms with E-state index in [-0.39, 0.29) is 17.6 Å². The standard InChI is InChI=1S/C19H21F2N3OS/c1-11-16(17(25)23-15-4-7-19(15)5-2-3-6-19)24-18(26-11)22-14-9-12(20)8-13(21)10-14/h8-10,15H,2-7H2,1H3,(H,22,24)(H,23,25). The highest BCUT2D eigenvalue weighted by Crippen LogP contribution is 2.53. The Morgan fingerprint density at radius 2 is 1.88 bits per heavy atom. The summed E-state index contributed by atoms with van der Waals surface area (Å²) < 4.78 is 26.6. The minimum Gasteiger partial charge on any atom is -0.347 e. The van der Waals surface area contributed by atoms with E-state index in [2.05, 4.69) is 15.6 Å². The summed E-state index contributed by atoms with van der Waals surface area (Å²) in [7, 11) is 0. The Balaban J connectivity index is 1.46. The van der Waals surface area contributed by atoms with Crippen LogP contribution in [0.5, 0.6) is 0 Å². The quantitative estimate of drug-likeness (QED) is 0.795. The molecule has 0 bridgehead atoms. The molecule has 2 aliphatic carbocycles. The van der Waals surface area contributed by atoms with Crippen LogP contribution in [0.1, 0.15) is 53.9 Å². The topological polar surface area (TPSA) is 54.0 Å². The molecule has 0 radical (unpaired) electrons. The molecule has 0 aliphatic heterocycles. The number of nitrogens with zero attached hydrogens (tertiary/aromatic N) is 1. The van der Waals surface area contributed by atoms with Gasteiger partial charge in [-0.05, 0) is 50.2 Å². The number of benzene rings is 1. The molecule has 2 fully saturated rings. The maximum absolute atomic E-state index is 13.3. The summed E-state index contributed by atoms with van der Waals surface area (Å²) in [5, 5.41) is 6.48. The van der Waals surface area contributed by atoms with E-state index in [0.29, 0.717) is 16.2 Å². The van der Waals surface area contributed by atoms with Crippen LogP contribution in [0.2, 0.25) is 0 Å². The number of amides is 1. The summed E-state index contributed by atoms with van der Waals surface area (Å²) in [6.07, 6.45) is 7.13. The normalized spacial score (nSPS) is 20.8. The molecular formula is C19H21F2N3OS. The van der Waals surface area contributed by atoms with Gasteiger partial charge in [0.05, 0.1) is 0 Å². The number of carbonyl (C=O) groups excluding carboxylic acids is 1. The molecule has 4 nitrogen and oxygen atoms in total. The molecule has 1 amide bonds. The van der Waals surface area contributed by atoms with Crippen molar-refractivity contribution in [3.63, 3.8) is 0 Å². The predicted octanol–water partition coefficient (Wildman–Crippen LogP) is 4.93. The molecule has 0 saturated heterocycles. The van der Waals surface area contributed by atoms with Gasteiger partial charge in [-0.15, -0.1) is 11.3 Å². The number of aromatic nitrogens is 1. The second-order valence-corrected chi connectivity index (χ2v) is 8.54. The van der Waals surface area contributed by atoms with E-state index < -0.39 is 11.6 Å². The fourth-order valence-corrected chi connectivity index (χ4v) is 5.07. The van der Waals surface area contributed by atoms with E-state index in [1.807, 2.05) is 6.92 Å². The zero-order chi connectivity index (χ0) is 18.3. The van der Waals surface area contributed by atoms with Crippen molar-refractivity contribution in [2.75, 3.05) is 5.32 Å². The maximum Gasteiger partial charge on any atom is 0.271 e. The van der Waals surface area contributed by atoms with Crippen LogP contribution in [0, 0.1) is 24.0 Å². The number of anilines is 2. The van der Waals surface area contributed by atoms with Gasteiger partial charge < -0.3 is 10.6 Å². The van der Waals surface area contributed by atoms with Crippen molar-refractivity contribution >= 4 is 28.1 Å². The minimum absolute atomic E-state index is 0.159. The first-order chi connectivity index (χ1) is 12.4. The number of hydrogen-bond donors (Lipinski definition) is 2. The summed E-state index contributed by atoms with van der Waals surface area (Å²) in [5.74, 6) is -1.48. The van der Waals surface area contributed by atoms with Crippen LogP contribution in [0.25, 0.3) is 0 Å². The second-order valence-electron chi connectivity index (χ2n) is 7.34. The maximum atomic E-state index is 13.3. The fourth-order valence-electron chi connectivity index (χ4n) is 4.24. The van der Waals surface area contributed by atoms with E-state index >= 15 is 0 Å². The minimum atomic E-state index is -0.661. The van der Waals surface area contributed by atoms with E-state index in [4.69, 9.17) is 0 Å². The van der Waals surface area contributed by atoms with Crippen molar-refractivity contribution in [2.45, 2.75) is 51.5 Å². The number of rotatable bonds is 4. The van der Waals surface area contributed by atoms with Crippen molar-refractivity contribution in [3.8, 4) is 0 Å². The Morgan fingerprint density at radius 1 is 1.19 bits per heavy atom. The lowest BCUT2D eigenvalue weighted by atomic mass is 9.63. The van der Waals surface area contributed by atoms with Crippen molar-refractivity contribution < 1.29 is 13.6 Å². The van der Waals surface area contributed by atoms with E-state index in [1.165, 1.54) is 55.6 Å². The smallest absolute Gasteiger partial charge is 0.271 e. The van der Waals surface area contributed by atoms with Crippen LogP contribution in [0.15, 0.2) is 18.2 Å². The van der Waals surface area contributed by atoms with Crippen LogP contribution in [0.3, 0.4) is 0 Å². The molecule has 1 atom stereocenters. The van der Waals surface area contributed by atoms with Gasteiger partial charge in [0.2, 0.25) is 0 Å². The number of nitrogens with one attached hydrogen (secondary N) is 2. The van der Waals surface area contributed by atoms with Crippen LogP contribution in [-0.2, 0) is 0 Å². The molecule has 2 aromatic rings. The Kier molecular flexibility index (Phi) is 4.42. The van der Waals surface area contributed by atoms with Crippen LogP contribution < -0.4 is 10.6 Å². The Hall–Kier alpha value is -2.02. The highest BCUT2D eigenvalue weighted by molar-refractivity contribution is 7.15. The molecule has 26 heavy (non-hydrogen) atoms. The van der Waals surface area contributed by atoms with Gasteiger partial charge in [-0.2, -0.15) is 0 Å². The lowest BCUT2D eigenvalue weighted by Gasteiger charge is -2.47. The fraction of sp³-hybridized carbons (Fsp3) is 0.474. The van der Waals surface area contributed by atoms with Gasteiger partial charge in [-0.1, -0.05) is 12.8 Å². The molecule has 2 aliphatic rings. The van der Waals surface area contributed by atoms with Gasteiger partial charge in [0.25, 0.3) is 5.91 Å². The summed E-state index contributed by atoms with van der Waals surface area (Å²) in [5.41, 5.74) is 0.960. The van der Waals surface area contributed by atoms with Crippen molar-refractivity contribution in [1.29, 1.82) is 0 Å². The largest absolute Gasteiger partial charge is 0.347 e. The van der Waals surface area contributed by atoms with Gasteiger partial charge in [0.15, 0.2) is 5.13 Å². The first-order valence-electron chi connectivity index (χ1n) is 8.97. The summed E-state index contributed by atoms with van der Waals surface area (Å²) >= 11 is 1.30. The molecule has 1 heterocycles. The van der Waals surface area contributed by atoms with Gasteiger partial charge in [-0.3, -0.25) is 4.79 Å². The highest BCUT2D eigenvalue weighted by atomic mass is 32.1. The Morgan fingerprint density at radius 3 is 2.50 bits per heavy atom. The molecule has 2 N–H and O–H groups in total. The first-order valence-corrected chi connectivity index (χ1v) is 9.78. The van der Waals surface area contributed by atoms with Crippen molar-refractivity contribution in [1.82, 2.24) is 10.3 Å². The SMILES string of the molecule is Cc1sc(Nc2cc(F)cc(F)c2)nc1C(=O)NC1CCC12CCCC2.